The monoisotopic (exact) mass is 294 g/mol. The third-order valence-corrected chi connectivity index (χ3v) is 2.57. The van der Waals surface area contributed by atoms with Crippen molar-refractivity contribution in [3.8, 4) is 5.75 Å². The van der Waals surface area contributed by atoms with Crippen LogP contribution in [0.1, 0.15) is 18.9 Å². The Bertz CT molecular complexity index is 542. The summed E-state index contributed by atoms with van der Waals surface area (Å²) in [5.74, 6) is -0.130. The fourth-order valence-corrected chi connectivity index (χ4v) is 1.49. The number of esters is 1. The number of nitro benzene ring substituents is 1. The Morgan fingerprint density at radius 1 is 1.48 bits per heavy atom. The van der Waals surface area contributed by atoms with Gasteiger partial charge in [-0.3, -0.25) is 10.1 Å². The van der Waals surface area contributed by atoms with Gasteiger partial charge in [-0.15, -0.1) is 0 Å². The summed E-state index contributed by atoms with van der Waals surface area (Å²) in [6.45, 7) is 5.65. The van der Waals surface area contributed by atoms with E-state index in [-0.39, 0.29) is 23.4 Å². The average molecular weight is 294 g/mol. The van der Waals surface area contributed by atoms with Crippen molar-refractivity contribution in [2.75, 3.05) is 13.2 Å². The Hall–Kier alpha value is -2.41. The number of nitrogens with two attached hydrogens (primary N) is 1. The van der Waals surface area contributed by atoms with Crippen molar-refractivity contribution in [3.05, 3.63) is 46.0 Å². The van der Waals surface area contributed by atoms with Crippen LogP contribution in [0.4, 0.5) is 5.69 Å². The summed E-state index contributed by atoms with van der Waals surface area (Å²) in [5.41, 5.74) is 5.73. The molecule has 0 saturated carbocycles. The minimum absolute atomic E-state index is 0.129. The van der Waals surface area contributed by atoms with Crippen molar-refractivity contribution in [1.29, 1.82) is 0 Å². The van der Waals surface area contributed by atoms with E-state index in [2.05, 4.69) is 6.58 Å². The highest BCUT2D eigenvalue weighted by molar-refractivity contribution is 5.86. The SMILES string of the molecule is C=C(C)C(=O)OCc1cc(OCCCN)ccc1[N+](=O)[O-]. The summed E-state index contributed by atoms with van der Waals surface area (Å²) in [4.78, 5) is 21.8. The Morgan fingerprint density at radius 2 is 2.19 bits per heavy atom. The summed E-state index contributed by atoms with van der Waals surface area (Å²) >= 11 is 0. The molecule has 0 unspecified atom stereocenters. The number of hydrogen-bond acceptors (Lipinski definition) is 6. The summed E-state index contributed by atoms with van der Waals surface area (Å²) in [6.07, 6.45) is 0.678. The molecule has 0 fully saturated rings. The number of carbonyl (C=O) groups is 1. The van der Waals surface area contributed by atoms with Crippen molar-refractivity contribution in [3.63, 3.8) is 0 Å². The first-order valence-corrected chi connectivity index (χ1v) is 6.38. The first-order valence-electron chi connectivity index (χ1n) is 6.38. The smallest absolute Gasteiger partial charge is 0.333 e. The largest absolute Gasteiger partial charge is 0.494 e. The van der Waals surface area contributed by atoms with Gasteiger partial charge in [0.05, 0.1) is 17.1 Å². The second kappa shape index (κ2) is 8.01. The molecule has 0 aliphatic carbocycles. The fraction of sp³-hybridized carbons (Fsp3) is 0.357. The molecule has 1 aromatic carbocycles. The van der Waals surface area contributed by atoms with E-state index in [1.165, 1.54) is 25.1 Å². The predicted octanol–water partition coefficient (Wildman–Crippen LogP) is 1.94. The quantitative estimate of drug-likeness (QED) is 0.258. The van der Waals surface area contributed by atoms with Crippen LogP contribution in [0, 0.1) is 10.1 Å². The summed E-state index contributed by atoms with van der Waals surface area (Å²) in [7, 11) is 0. The van der Waals surface area contributed by atoms with Crippen LogP contribution in [-0.2, 0) is 16.1 Å². The molecule has 0 heterocycles. The van der Waals surface area contributed by atoms with Crippen molar-refractivity contribution >= 4 is 11.7 Å². The first-order chi connectivity index (χ1) is 9.95. The van der Waals surface area contributed by atoms with E-state index in [1.54, 1.807) is 0 Å². The van der Waals surface area contributed by atoms with Gasteiger partial charge in [-0.05, 0) is 32.0 Å². The van der Waals surface area contributed by atoms with Crippen LogP contribution in [0.5, 0.6) is 5.75 Å². The number of nitro groups is 1. The molecule has 0 bridgehead atoms. The van der Waals surface area contributed by atoms with Crippen LogP contribution in [0.3, 0.4) is 0 Å². The molecule has 0 radical (unpaired) electrons. The molecule has 7 heteroatoms. The van der Waals surface area contributed by atoms with Crippen LogP contribution in [0.15, 0.2) is 30.4 Å². The van der Waals surface area contributed by atoms with Crippen LogP contribution in [0.25, 0.3) is 0 Å². The van der Waals surface area contributed by atoms with E-state index in [4.69, 9.17) is 15.2 Å². The van der Waals surface area contributed by atoms with Gasteiger partial charge in [-0.25, -0.2) is 4.79 Å². The van der Waals surface area contributed by atoms with Crippen LogP contribution in [0.2, 0.25) is 0 Å². The Balaban J connectivity index is 2.85. The molecule has 0 spiro atoms. The molecule has 0 aliphatic heterocycles. The lowest BCUT2D eigenvalue weighted by Crippen LogP contribution is -2.08. The van der Waals surface area contributed by atoms with Crippen molar-refractivity contribution in [2.45, 2.75) is 20.0 Å². The minimum atomic E-state index is -0.598. The number of hydrogen-bond donors (Lipinski definition) is 1. The second-order valence-electron chi connectivity index (χ2n) is 4.39. The van der Waals surface area contributed by atoms with E-state index < -0.39 is 10.9 Å². The highest BCUT2D eigenvalue weighted by atomic mass is 16.6. The molecular weight excluding hydrogens is 276 g/mol. The van der Waals surface area contributed by atoms with E-state index in [9.17, 15) is 14.9 Å². The van der Waals surface area contributed by atoms with Crippen LogP contribution < -0.4 is 10.5 Å². The molecule has 0 aromatic heterocycles. The highest BCUT2D eigenvalue weighted by Crippen LogP contribution is 2.25. The summed E-state index contributed by atoms with van der Waals surface area (Å²) in [6, 6.07) is 4.31. The molecule has 0 aliphatic rings. The zero-order valence-electron chi connectivity index (χ0n) is 11.8. The maximum Gasteiger partial charge on any atom is 0.333 e. The van der Waals surface area contributed by atoms with Gasteiger partial charge in [-0.1, -0.05) is 6.58 Å². The standard InChI is InChI=1S/C14H18N2O5/c1-10(2)14(17)21-9-11-8-12(20-7-3-6-15)4-5-13(11)16(18)19/h4-5,8H,1,3,6-7,9,15H2,2H3. The molecule has 0 amide bonds. The first kappa shape index (κ1) is 16.6. The zero-order valence-corrected chi connectivity index (χ0v) is 11.8. The van der Waals surface area contributed by atoms with Crippen LogP contribution in [-0.4, -0.2) is 24.0 Å². The van der Waals surface area contributed by atoms with E-state index in [1.807, 2.05) is 0 Å². The van der Waals surface area contributed by atoms with Gasteiger partial charge < -0.3 is 15.2 Å². The Kier molecular flexibility index (Phi) is 6.35. The molecular formula is C14H18N2O5. The molecule has 1 aromatic rings. The van der Waals surface area contributed by atoms with E-state index in [0.717, 1.165) is 0 Å². The van der Waals surface area contributed by atoms with E-state index in [0.29, 0.717) is 25.3 Å². The van der Waals surface area contributed by atoms with Crippen LogP contribution >= 0.6 is 0 Å². The van der Waals surface area contributed by atoms with Crippen molar-refractivity contribution in [1.82, 2.24) is 0 Å². The zero-order chi connectivity index (χ0) is 15.8. The minimum Gasteiger partial charge on any atom is -0.494 e. The number of rotatable bonds is 8. The number of ether oxygens (including phenoxy) is 2. The van der Waals surface area contributed by atoms with Gasteiger partial charge in [0.2, 0.25) is 0 Å². The summed E-state index contributed by atoms with van der Waals surface area (Å²) < 4.78 is 10.4. The number of nitrogens with zero attached hydrogens (tertiary/aromatic N) is 1. The fourth-order valence-electron chi connectivity index (χ4n) is 1.49. The third-order valence-electron chi connectivity index (χ3n) is 2.57. The molecule has 0 atom stereocenters. The van der Waals surface area contributed by atoms with E-state index >= 15 is 0 Å². The van der Waals surface area contributed by atoms with Crippen molar-refractivity contribution in [2.24, 2.45) is 5.73 Å². The van der Waals surface area contributed by atoms with Gasteiger partial charge in [0.25, 0.3) is 5.69 Å². The normalized spacial score (nSPS) is 10.0. The van der Waals surface area contributed by atoms with Gasteiger partial charge >= 0.3 is 5.97 Å². The maximum absolute atomic E-state index is 11.4. The van der Waals surface area contributed by atoms with Crippen molar-refractivity contribution < 1.29 is 19.2 Å². The lowest BCUT2D eigenvalue weighted by Gasteiger charge is -2.09. The molecule has 21 heavy (non-hydrogen) atoms. The Labute approximate surface area is 122 Å². The summed E-state index contributed by atoms with van der Waals surface area (Å²) in [5, 5.41) is 11.0. The average Bonchev–Trinajstić information content (AvgIpc) is 2.44. The molecule has 1 rings (SSSR count). The highest BCUT2D eigenvalue weighted by Gasteiger charge is 2.16. The molecule has 114 valence electrons. The maximum atomic E-state index is 11.4. The number of benzene rings is 1. The predicted molar refractivity (Wildman–Crippen MR) is 76.9 cm³/mol. The topological polar surface area (TPSA) is 105 Å². The number of carbonyl (C=O) groups excluding carboxylic acids is 1. The Morgan fingerprint density at radius 3 is 2.76 bits per heavy atom. The lowest BCUT2D eigenvalue weighted by molar-refractivity contribution is -0.385. The van der Waals surface area contributed by atoms with Gasteiger partial charge in [-0.2, -0.15) is 0 Å². The third kappa shape index (κ3) is 5.23. The lowest BCUT2D eigenvalue weighted by atomic mass is 10.2. The molecule has 7 nitrogen and oxygen atoms in total. The molecule has 2 N–H and O–H groups in total. The van der Waals surface area contributed by atoms with Gasteiger partial charge in [0.15, 0.2) is 0 Å². The second-order valence-corrected chi connectivity index (χ2v) is 4.39. The molecule has 0 saturated heterocycles. The van der Waals surface area contributed by atoms with Gasteiger partial charge in [0, 0.05) is 11.6 Å². The van der Waals surface area contributed by atoms with Gasteiger partial charge in [0.1, 0.15) is 12.4 Å².